The minimum absolute atomic E-state index is 0.0973. The summed E-state index contributed by atoms with van der Waals surface area (Å²) in [6.45, 7) is 0. The zero-order valence-electron chi connectivity index (χ0n) is 13.2. The van der Waals surface area contributed by atoms with E-state index in [2.05, 4.69) is 0 Å². The molecule has 2 aliphatic carbocycles. The van der Waals surface area contributed by atoms with Crippen molar-refractivity contribution in [3.8, 4) is 0 Å². The molecule has 2 aromatic rings. The fourth-order valence-corrected chi connectivity index (χ4v) is 4.30. The van der Waals surface area contributed by atoms with Crippen molar-refractivity contribution in [1.29, 1.82) is 0 Å². The van der Waals surface area contributed by atoms with Gasteiger partial charge in [0.25, 0.3) is 0 Å². The largest absolute Gasteiger partial charge is 0.461 e. The Labute approximate surface area is 137 Å². The number of fused-ring (bicyclic) bond motifs is 2. The molecule has 0 amide bonds. The van der Waals surface area contributed by atoms with Gasteiger partial charge in [-0.25, -0.2) is 0 Å². The van der Waals surface area contributed by atoms with E-state index in [1.807, 2.05) is 60.7 Å². The van der Waals surface area contributed by atoms with Crippen LogP contribution in [0.2, 0.25) is 0 Å². The SMILES string of the molecule is O=C(OC1CC2CCC1C2)C(c1ccccc1)c1ccccc1. The second-order valence-electron chi connectivity index (χ2n) is 6.90. The van der Waals surface area contributed by atoms with Crippen LogP contribution in [-0.2, 0) is 9.53 Å². The van der Waals surface area contributed by atoms with Crippen molar-refractivity contribution in [3.63, 3.8) is 0 Å². The van der Waals surface area contributed by atoms with Crippen LogP contribution in [-0.4, -0.2) is 12.1 Å². The maximum absolute atomic E-state index is 13.0. The molecule has 23 heavy (non-hydrogen) atoms. The number of hydrogen-bond acceptors (Lipinski definition) is 2. The van der Waals surface area contributed by atoms with Crippen LogP contribution in [0.4, 0.5) is 0 Å². The molecule has 118 valence electrons. The summed E-state index contributed by atoms with van der Waals surface area (Å²) in [5, 5.41) is 0. The van der Waals surface area contributed by atoms with Crippen LogP contribution in [0.25, 0.3) is 0 Å². The molecule has 0 aliphatic heterocycles. The number of carbonyl (C=O) groups excluding carboxylic acids is 1. The van der Waals surface area contributed by atoms with Crippen molar-refractivity contribution in [1.82, 2.24) is 0 Å². The molecule has 0 radical (unpaired) electrons. The van der Waals surface area contributed by atoms with Crippen molar-refractivity contribution >= 4 is 5.97 Å². The summed E-state index contributed by atoms with van der Waals surface area (Å²) in [7, 11) is 0. The van der Waals surface area contributed by atoms with Crippen molar-refractivity contribution in [2.45, 2.75) is 37.7 Å². The van der Waals surface area contributed by atoms with Gasteiger partial charge in [-0.2, -0.15) is 0 Å². The maximum Gasteiger partial charge on any atom is 0.318 e. The molecule has 3 atom stereocenters. The Hall–Kier alpha value is -2.09. The highest BCUT2D eigenvalue weighted by Gasteiger charge is 2.42. The predicted molar refractivity (Wildman–Crippen MR) is 90.1 cm³/mol. The fourth-order valence-electron chi connectivity index (χ4n) is 4.30. The predicted octanol–water partition coefficient (Wildman–Crippen LogP) is 4.55. The standard InChI is InChI=1S/C21H22O2/c22-21(23-19-14-15-11-12-18(19)13-15)20(16-7-3-1-4-8-16)17-9-5-2-6-10-17/h1-10,15,18-20H,11-14H2. The number of esters is 1. The molecule has 4 rings (SSSR count). The lowest BCUT2D eigenvalue weighted by Crippen LogP contribution is -2.27. The maximum atomic E-state index is 13.0. The van der Waals surface area contributed by atoms with Gasteiger partial charge in [-0.05, 0) is 48.6 Å². The average molecular weight is 306 g/mol. The molecular formula is C21H22O2. The highest BCUT2D eigenvalue weighted by Crippen LogP contribution is 2.46. The van der Waals surface area contributed by atoms with E-state index >= 15 is 0 Å². The van der Waals surface area contributed by atoms with Crippen molar-refractivity contribution in [2.75, 3.05) is 0 Å². The summed E-state index contributed by atoms with van der Waals surface area (Å²) in [4.78, 5) is 13.0. The van der Waals surface area contributed by atoms with Gasteiger partial charge in [0, 0.05) is 0 Å². The van der Waals surface area contributed by atoms with Crippen LogP contribution in [0, 0.1) is 11.8 Å². The Balaban J connectivity index is 1.59. The fraction of sp³-hybridized carbons (Fsp3) is 0.381. The molecule has 2 nitrogen and oxygen atoms in total. The molecule has 0 heterocycles. The van der Waals surface area contributed by atoms with Crippen molar-refractivity contribution < 1.29 is 9.53 Å². The summed E-state index contributed by atoms with van der Waals surface area (Å²) in [6, 6.07) is 19.9. The Bertz CT molecular complexity index is 625. The molecule has 0 aromatic heterocycles. The van der Waals surface area contributed by atoms with Crippen molar-refractivity contribution in [3.05, 3.63) is 71.8 Å². The molecule has 2 heteroatoms. The molecule has 3 unspecified atom stereocenters. The van der Waals surface area contributed by atoms with Crippen LogP contribution in [0.3, 0.4) is 0 Å². The van der Waals surface area contributed by atoms with E-state index in [1.54, 1.807) is 0 Å². The molecule has 2 bridgehead atoms. The first kappa shape index (κ1) is 14.5. The first-order valence-electron chi connectivity index (χ1n) is 8.61. The number of rotatable bonds is 4. The molecule has 2 aromatic carbocycles. The molecule has 2 saturated carbocycles. The van der Waals surface area contributed by atoms with E-state index in [9.17, 15) is 4.79 Å². The second-order valence-corrected chi connectivity index (χ2v) is 6.90. The van der Waals surface area contributed by atoms with Crippen LogP contribution in [0.1, 0.15) is 42.7 Å². The number of carbonyl (C=O) groups is 1. The Morgan fingerprint density at radius 2 is 1.48 bits per heavy atom. The van der Waals surface area contributed by atoms with E-state index < -0.39 is 0 Å². The van der Waals surface area contributed by atoms with Gasteiger partial charge < -0.3 is 4.74 Å². The van der Waals surface area contributed by atoms with Gasteiger partial charge in [0.15, 0.2) is 0 Å². The third-order valence-corrected chi connectivity index (χ3v) is 5.44. The third kappa shape index (κ3) is 2.90. The summed E-state index contributed by atoms with van der Waals surface area (Å²) >= 11 is 0. The van der Waals surface area contributed by atoms with Gasteiger partial charge in [0.1, 0.15) is 12.0 Å². The Morgan fingerprint density at radius 3 is 1.96 bits per heavy atom. The molecule has 2 aliphatic rings. The van der Waals surface area contributed by atoms with Crippen LogP contribution >= 0.6 is 0 Å². The molecular weight excluding hydrogens is 284 g/mol. The smallest absolute Gasteiger partial charge is 0.318 e. The average Bonchev–Trinajstić information content (AvgIpc) is 3.20. The normalized spacial score (nSPS) is 25.7. The Morgan fingerprint density at radius 1 is 0.870 bits per heavy atom. The van der Waals surface area contributed by atoms with Gasteiger partial charge in [0.05, 0.1) is 0 Å². The zero-order chi connectivity index (χ0) is 15.6. The van der Waals surface area contributed by atoms with E-state index in [4.69, 9.17) is 4.74 Å². The monoisotopic (exact) mass is 306 g/mol. The van der Waals surface area contributed by atoms with E-state index in [0.717, 1.165) is 23.5 Å². The van der Waals surface area contributed by atoms with Gasteiger partial charge in [-0.3, -0.25) is 4.79 Å². The molecule has 0 spiro atoms. The van der Waals surface area contributed by atoms with Gasteiger partial charge in [0.2, 0.25) is 0 Å². The van der Waals surface area contributed by atoms with E-state index in [0.29, 0.717) is 5.92 Å². The van der Waals surface area contributed by atoms with E-state index in [-0.39, 0.29) is 18.0 Å². The minimum Gasteiger partial charge on any atom is -0.461 e. The number of benzene rings is 2. The topological polar surface area (TPSA) is 26.3 Å². The second kappa shape index (κ2) is 6.19. The highest BCUT2D eigenvalue weighted by molar-refractivity contribution is 5.82. The third-order valence-electron chi connectivity index (χ3n) is 5.44. The number of ether oxygens (including phenoxy) is 1. The van der Waals surface area contributed by atoms with E-state index in [1.165, 1.54) is 19.3 Å². The lowest BCUT2D eigenvalue weighted by molar-refractivity contribution is -0.152. The van der Waals surface area contributed by atoms with Gasteiger partial charge in [-0.1, -0.05) is 60.7 Å². The summed E-state index contributed by atoms with van der Waals surface area (Å²) in [5.74, 6) is 0.956. The zero-order valence-corrected chi connectivity index (χ0v) is 13.2. The Kier molecular flexibility index (Phi) is 3.90. The summed E-state index contributed by atoms with van der Waals surface area (Å²) in [5.41, 5.74) is 2.01. The molecule has 0 saturated heterocycles. The molecule has 2 fully saturated rings. The van der Waals surface area contributed by atoms with Crippen LogP contribution in [0.5, 0.6) is 0 Å². The highest BCUT2D eigenvalue weighted by atomic mass is 16.5. The van der Waals surface area contributed by atoms with Crippen LogP contribution < -0.4 is 0 Å². The van der Waals surface area contributed by atoms with Gasteiger partial charge >= 0.3 is 5.97 Å². The lowest BCUT2D eigenvalue weighted by Gasteiger charge is -2.25. The van der Waals surface area contributed by atoms with Crippen molar-refractivity contribution in [2.24, 2.45) is 11.8 Å². The first-order valence-corrected chi connectivity index (χ1v) is 8.61. The first-order chi connectivity index (χ1) is 11.3. The minimum atomic E-state index is -0.323. The quantitative estimate of drug-likeness (QED) is 0.775. The lowest BCUT2D eigenvalue weighted by atomic mass is 9.91. The summed E-state index contributed by atoms with van der Waals surface area (Å²) in [6.07, 6.45) is 4.99. The summed E-state index contributed by atoms with van der Waals surface area (Å²) < 4.78 is 5.98. The van der Waals surface area contributed by atoms with Crippen LogP contribution in [0.15, 0.2) is 60.7 Å². The van der Waals surface area contributed by atoms with Gasteiger partial charge in [-0.15, -0.1) is 0 Å². The number of hydrogen-bond donors (Lipinski definition) is 0. The molecule has 0 N–H and O–H groups in total.